The minimum absolute atomic E-state index is 0.182. The molecule has 2 heterocycles. The Balaban J connectivity index is 1.65. The Kier molecular flexibility index (Phi) is 6.48. The van der Waals surface area contributed by atoms with Gasteiger partial charge in [-0.1, -0.05) is 30.4 Å². The Morgan fingerprint density at radius 2 is 1.94 bits per heavy atom. The van der Waals surface area contributed by atoms with Crippen LogP contribution in [0.4, 0.5) is 5.69 Å². The fraction of sp³-hybridized carbons (Fsp3) is 0.240. The van der Waals surface area contributed by atoms with Crippen molar-refractivity contribution in [2.45, 2.75) is 19.9 Å². The van der Waals surface area contributed by atoms with Crippen molar-refractivity contribution in [3.8, 4) is 16.3 Å². The number of carbonyl (C=O) groups is 1. The summed E-state index contributed by atoms with van der Waals surface area (Å²) in [4.78, 5) is 25.4. The number of ether oxygens (including phenoxy) is 1. The molecule has 0 unspecified atom stereocenters. The molecule has 0 saturated heterocycles. The highest BCUT2D eigenvalue weighted by Gasteiger charge is 2.15. The summed E-state index contributed by atoms with van der Waals surface area (Å²) in [5.41, 5.74) is 5.18. The topological polar surface area (TPSA) is 67.3 Å². The zero-order chi connectivity index (χ0) is 22.7. The van der Waals surface area contributed by atoms with E-state index in [0.29, 0.717) is 17.0 Å². The number of fused-ring (bicyclic) bond motifs is 1. The maximum atomic E-state index is 13.1. The van der Waals surface area contributed by atoms with Crippen molar-refractivity contribution in [2.75, 3.05) is 26.5 Å². The highest BCUT2D eigenvalue weighted by atomic mass is 32.1. The number of rotatable bonds is 7. The van der Waals surface area contributed by atoms with Gasteiger partial charge in [0.15, 0.2) is 0 Å². The zero-order valence-corrected chi connectivity index (χ0v) is 19.5. The van der Waals surface area contributed by atoms with Crippen molar-refractivity contribution in [1.82, 2.24) is 14.9 Å². The molecule has 0 saturated carbocycles. The van der Waals surface area contributed by atoms with Gasteiger partial charge in [0.05, 0.1) is 12.8 Å². The first-order chi connectivity index (χ1) is 15.5. The first-order valence-electron chi connectivity index (χ1n) is 10.5. The lowest BCUT2D eigenvalue weighted by Crippen LogP contribution is -2.13. The van der Waals surface area contributed by atoms with Crippen LogP contribution in [0.25, 0.3) is 20.9 Å². The number of benzene rings is 2. The van der Waals surface area contributed by atoms with Gasteiger partial charge >= 0.3 is 0 Å². The van der Waals surface area contributed by atoms with Gasteiger partial charge < -0.3 is 15.0 Å². The van der Waals surface area contributed by atoms with Gasteiger partial charge in [0, 0.05) is 23.9 Å². The molecular formula is C25H26N4O2S. The van der Waals surface area contributed by atoms with Crippen LogP contribution >= 0.6 is 11.3 Å². The number of methoxy groups -OCH3 is 1. The van der Waals surface area contributed by atoms with E-state index in [0.717, 1.165) is 45.0 Å². The number of nitrogens with zero attached hydrogens (tertiary/aromatic N) is 3. The quantitative estimate of drug-likeness (QED) is 0.420. The molecular weight excluding hydrogens is 420 g/mol. The number of para-hydroxylation sites is 1. The van der Waals surface area contributed by atoms with E-state index >= 15 is 0 Å². The lowest BCUT2D eigenvalue weighted by Gasteiger charge is -2.11. The van der Waals surface area contributed by atoms with Crippen molar-refractivity contribution in [3.05, 3.63) is 71.4 Å². The summed E-state index contributed by atoms with van der Waals surface area (Å²) < 4.78 is 5.36. The van der Waals surface area contributed by atoms with E-state index in [2.05, 4.69) is 28.2 Å². The second-order valence-corrected chi connectivity index (χ2v) is 8.83. The van der Waals surface area contributed by atoms with Crippen molar-refractivity contribution >= 4 is 33.3 Å². The SMILES string of the molecule is CCc1cc(OC)cc(C(=O)Nc2ccccc2-c2nc3cc(CN(C)C)cnc3s2)c1. The molecule has 0 fully saturated rings. The molecule has 1 N–H and O–H groups in total. The Hall–Kier alpha value is -3.29. The lowest BCUT2D eigenvalue weighted by atomic mass is 10.1. The van der Waals surface area contributed by atoms with E-state index in [4.69, 9.17) is 9.72 Å². The second-order valence-electron chi connectivity index (χ2n) is 7.85. The standard InChI is InChI=1S/C25H26N4O2S/c1-5-16-10-18(13-19(11-16)31-4)23(30)27-21-9-7-6-8-20(21)24-28-22-12-17(15-29(2)3)14-26-25(22)32-24/h6-14H,5,15H2,1-4H3,(H,27,30). The minimum Gasteiger partial charge on any atom is -0.497 e. The molecule has 0 aliphatic heterocycles. The fourth-order valence-corrected chi connectivity index (χ4v) is 4.45. The zero-order valence-electron chi connectivity index (χ0n) is 18.7. The van der Waals surface area contributed by atoms with Crippen molar-refractivity contribution in [3.63, 3.8) is 0 Å². The summed E-state index contributed by atoms with van der Waals surface area (Å²) in [6.07, 6.45) is 2.72. The van der Waals surface area contributed by atoms with Crippen molar-refractivity contribution in [1.29, 1.82) is 0 Å². The molecule has 6 nitrogen and oxygen atoms in total. The molecule has 0 bridgehead atoms. The van der Waals surface area contributed by atoms with E-state index in [9.17, 15) is 4.79 Å². The molecule has 0 atom stereocenters. The summed E-state index contributed by atoms with van der Waals surface area (Å²) in [7, 11) is 5.67. The second kappa shape index (κ2) is 9.46. The molecule has 0 radical (unpaired) electrons. The highest BCUT2D eigenvalue weighted by molar-refractivity contribution is 7.21. The number of anilines is 1. The van der Waals surface area contributed by atoms with E-state index < -0.39 is 0 Å². The fourth-order valence-electron chi connectivity index (χ4n) is 3.52. The maximum Gasteiger partial charge on any atom is 0.255 e. The summed E-state index contributed by atoms with van der Waals surface area (Å²) in [5, 5.41) is 3.88. The van der Waals surface area contributed by atoms with Crippen LogP contribution < -0.4 is 10.1 Å². The third kappa shape index (κ3) is 4.79. The van der Waals surface area contributed by atoms with E-state index in [1.165, 1.54) is 11.3 Å². The van der Waals surface area contributed by atoms with Gasteiger partial charge in [0.2, 0.25) is 0 Å². The highest BCUT2D eigenvalue weighted by Crippen LogP contribution is 2.34. The number of thiazole rings is 1. The van der Waals surface area contributed by atoms with E-state index in [-0.39, 0.29) is 5.91 Å². The molecule has 0 spiro atoms. The molecule has 4 rings (SSSR count). The van der Waals surface area contributed by atoms with Crippen molar-refractivity contribution in [2.24, 2.45) is 0 Å². The summed E-state index contributed by atoms with van der Waals surface area (Å²) >= 11 is 1.52. The monoisotopic (exact) mass is 446 g/mol. The van der Waals surface area contributed by atoms with Crippen LogP contribution in [-0.4, -0.2) is 42.0 Å². The number of carbonyl (C=O) groups excluding carboxylic acids is 1. The number of hydrogen-bond acceptors (Lipinski definition) is 6. The normalized spacial score (nSPS) is 11.2. The Morgan fingerprint density at radius 3 is 2.69 bits per heavy atom. The lowest BCUT2D eigenvalue weighted by molar-refractivity contribution is 0.102. The molecule has 4 aromatic rings. The summed E-state index contributed by atoms with van der Waals surface area (Å²) in [6, 6.07) is 15.4. The van der Waals surface area contributed by atoms with Gasteiger partial charge in [-0.2, -0.15) is 0 Å². The third-order valence-corrected chi connectivity index (χ3v) is 6.09. The largest absolute Gasteiger partial charge is 0.497 e. The number of pyridine rings is 1. The molecule has 0 aliphatic carbocycles. The molecule has 32 heavy (non-hydrogen) atoms. The average molecular weight is 447 g/mol. The van der Waals surface area contributed by atoms with Crippen LogP contribution in [0, 0.1) is 0 Å². The number of aromatic nitrogens is 2. The van der Waals surface area contributed by atoms with E-state index in [1.807, 2.05) is 56.7 Å². The van der Waals surface area contributed by atoms with Crippen LogP contribution in [0.5, 0.6) is 5.75 Å². The number of hydrogen-bond donors (Lipinski definition) is 1. The van der Waals surface area contributed by atoms with Crippen LogP contribution in [0.3, 0.4) is 0 Å². The number of amides is 1. The molecule has 1 amide bonds. The Morgan fingerprint density at radius 1 is 1.12 bits per heavy atom. The van der Waals surface area contributed by atoms with Crippen LogP contribution in [0.1, 0.15) is 28.4 Å². The summed E-state index contributed by atoms with van der Waals surface area (Å²) in [5.74, 6) is 0.493. The van der Waals surface area contributed by atoms with Crippen LogP contribution in [-0.2, 0) is 13.0 Å². The average Bonchev–Trinajstić information content (AvgIpc) is 3.21. The molecule has 164 valence electrons. The van der Waals surface area contributed by atoms with E-state index in [1.54, 1.807) is 13.2 Å². The van der Waals surface area contributed by atoms with Crippen LogP contribution in [0.2, 0.25) is 0 Å². The Bertz CT molecular complexity index is 1240. The van der Waals surface area contributed by atoms with Gasteiger partial charge in [-0.15, -0.1) is 0 Å². The minimum atomic E-state index is -0.182. The number of aryl methyl sites for hydroxylation is 1. The molecule has 0 aliphatic rings. The predicted octanol–water partition coefficient (Wildman–Crippen LogP) is 5.24. The number of nitrogens with one attached hydrogen (secondary N) is 1. The predicted molar refractivity (Wildman–Crippen MR) is 131 cm³/mol. The van der Waals surface area contributed by atoms with Gasteiger partial charge in [0.25, 0.3) is 5.91 Å². The molecule has 2 aromatic carbocycles. The Labute approximate surface area is 191 Å². The smallest absolute Gasteiger partial charge is 0.255 e. The first-order valence-corrected chi connectivity index (χ1v) is 11.3. The summed E-state index contributed by atoms with van der Waals surface area (Å²) in [6.45, 7) is 2.86. The maximum absolute atomic E-state index is 13.1. The third-order valence-electron chi connectivity index (χ3n) is 5.08. The molecule has 2 aromatic heterocycles. The van der Waals surface area contributed by atoms with Crippen molar-refractivity contribution < 1.29 is 9.53 Å². The molecule has 7 heteroatoms. The van der Waals surface area contributed by atoms with Gasteiger partial charge in [-0.25, -0.2) is 9.97 Å². The first kappa shape index (κ1) is 21.9. The van der Waals surface area contributed by atoms with Gasteiger partial charge in [-0.05, 0) is 68.0 Å². The van der Waals surface area contributed by atoms with Crippen LogP contribution in [0.15, 0.2) is 54.7 Å². The van der Waals surface area contributed by atoms with Gasteiger partial charge in [0.1, 0.15) is 21.1 Å². The van der Waals surface area contributed by atoms with Gasteiger partial charge in [-0.3, -0.25) is 4.79 Å².